The Bertz CT molecular complexity index is 1180. The monoisotopic (exact) mass is 427 g/mol. The van der Waals surface area contributed by atoms with Gasteiger partial charge in [0.25, 0.3) is 0 Å². The molecule has 0 bridgehead atoms. The van der Waals surface area contributed by atoms with Gasteiger partial charge in [0.2, 0.25) is 0 Å². The normalized spacial score (nSPS) is 11.1. The van der Waals surface area contributed by atoms with Crippen molar-refractivity contribution in [1.82, 2.24) is 14.6 Å². The first kappa shape index (κ1) is 21.8. The fraction of sp³-hybridized carbons (Fsp3) is 0.296. The van der Waals surface area contributed by atoms with Gasteiger partial charge in [-0.2, -0.15) is 5.10 Å². The number of carbonyl (C=O) groups excluding carboxylic acids is 1. The zero-order valence-electron chi connectivity index (χ0n) is 18.8. The van der Waals surface area contributed by atoms with E-state index in [2.05, 4.69) is 52.8 Å². The molecule has 0 aliphatic heterocycles. The van der Waals surface area contributed by atoms with Gasteiger partial charge in [0, 0.05) is 35.6 Å². The summed E-state index contributed by atoms with van der Waals surface area (Å²) < 4.78 is 7.17. The smallest absolute Gasteiger partial charge is 0.305 e. The van der Waals surface area contributed by atoms with Crippen molar-refractivity contribution in [2.45, 2.75) is 46.0 Å². The van der Waals surface area contributed by atoms with Crippen molar-refractivity contribution in [2.24, 2.45) is 0 Å². The molecule has 5 nitrogen and oxygen atoms in total. The van der Waals surface area contributed by atoms with E-state index in [4.69, 9.17) is 9.84 Å². The van der Waals surface area contributed by atoms with Crippen LogP contribution in [-0.2, 0) is 22.4 Å². The second-order valence-corrected chi connectivity index (χ2v) is 7.79. The zero-order chi connectivity index (χ0) is 22.3. The summed E-state index contributed by atoms with van der Waals surface area (Å²) in [7, 11) is 0. The summed E-state index contributed by atoms with van der Waals surface area (Å²) in [6.45, 7) is 4.42. The number of pyridine rings is 1. The van der Waals surface area contributed by atoms with Crippen LogP contribution >= 0.6 is 0 Å². The fourth-order valence-electron chi connectivity index (χ4n) is 4.20. The van der Waals surface area contributed by atoms with Crippen molar-refractivity contribution in [3.05, 3.63) is 78.2 Å². The molecule has 0 spiro atoms. The van der Waals surface area contributed by atoms with E-state index in [-0.39, 0.29) is 5.97 Å². The van der Waals surface area contributed by atoms with Crippen molar-refractivity contribution >= 4 is 11.5 Å². The predicted octanol–water partition coefficient (Wildman–Crippen LogP) is 5.90. The van der Waals surface area contributed by atoms with E-state index in [0.29, 0.717) is 13.0 Å². The third-order valence-corrected chi connectivity index (χ3v) is 5.72. The Kier molecular flexibility index (Phi) is 6.95. The van der Waals surface area contributed by atoms with Crippen LogP contribution in [0.1, 0.15) is 44.4 Å². The lowest BCUT2D eigenvalue weighted by molar-refractivity contribution is -0.143. The number of unbranched alkanes of at least 4 members (excludes halogenated alkanes) is 1. The maximum atomic E-state index is 11.8. The molecule has 0 amide bonds. The molecule has 4 rings (SSSR count). The largest absolute Gasteiger partial charge is 0.466 e. The Labute approximate surface area is 189 Å². The van der Waals surface area contributed by atoms with Gasteiger partial charge in [-0.15, -0.1) is 0 Å². The Morgan fingerprint density at radius 3 is 2.44 bits per heavy atom. The molecule has 0 aliphatic carbocycles. The number of rotatable bonds is 9. The minimum Gasteiger partial charge on any atom is -0.466 e. The highest BCUT2D eigenvalue weighted by Gasteiger charge is 2.19. The standard InChI is InChI=1S/C27H29N3O2/c1-3-22-14-15-24-26(20-16-18-28-19-17-20)23(12-8-9-13-25(31)32-4-2)27(29-30(22)24)21-10-6-5-7-11-21/h5-7,10-11,14-19H,3-4,8-9,12-13H2,1-2H3. The van der Waals surface area contributed by atoms with Crippen LogP contribution in [0.5, 0.6) is 0 Å². The Hall–Kier alpha value is -3.47. The molecule has 32 heavy (non-hydrogen) atoms. The maximum Gasteiger partial charge on any atom is 0.305 e. The van der Waals surface area contributed by atoms with Crippen molar-refractivity contribution in [1.29, 1.82) is 0 Å². The van der Waals surface area contributed by atoms with E-state index in [1.807, 2.05) is 37.5 Å². The third-order valence-electron chi connectivity index (χ3n) is 5.72. The number of aryl methyl sites for hydroxylation is 1. The highest BCUT2D eigenvalue weighted by Crippen LogP contribution is 2.36. The van der Waals surface area contributed by atoms with Crippen LogP contribution in [-0.4, -0.2) is 27.2 Å². The molecule has 3 aromatic heterocycles. The summed E-state index contributed by atoms with van der Waals surface area (Å²) in [5, 5.41) is 5.12. The Morgan fingerprint density at radius 2 is 1.72 bits per heavy atom. The first-order valence-corrected chi connectivity index (χ1v) is 11.4. The van der Waals surface area contributed by atoms with Crippen LogP contribution in [0.25, 0.3) is 27.9 Å². The van der Waals surface area contributed by atoms with E-state index < -0.39 is 0 Å². The molecule has 0 radical (unpaired) electrons. The first-order chi connectivity index (χ1) is 15.7. The number of aromatic nitrogens is 3. The van der Waals surface area contributed by atoms with Gasteiger partial charge in [0.15, 0.2) is 0 Å². The number of nitrogens with zero attached hydrogens (tertiary/aromatic N) is 3. The molecule has 0 N–H and O–H groups in total. The molecule has 0 saturated carbocycles. The van der Waals surface area contributed by atoms with Crippen molar-refractivity contribution < 1.29 is 9.53 Å². The van der Waals surface area contributed by atoms with Gasteiger partial charge in [-0.25, -0.2) is 4.52 Å². The molecule has 0 saturated heterocycles. The molecule has 164 valence electrons. The van der Waals surface area contributed by atoms with Gasteiger partial charge in [0.1, 0.15) is 0 Å². The Balaban J connectivity index is 1.83. The third kappa shape index (κ3) is 4.57. The van der Waals surface area contributed by atoms with Crippen LogP contribution in [0.2, 0.25) is 0 Å². The number of ether oxygens (including phenoxy) is 1. The summed E-state index contributed by atoms with van der Waals surface area (Å²) in [6.07, 6.45) is 7.53. The van der Waals surface area contributed by atoms with E-state index >= 15 is 0 Å². The van der Waals surface area contributed by atoms with Crippen LogP contribution < -0.4 is 0 Å². The maximum absolute atomic E-state index is 11.8. The van der Waals surface area contributed by atoms with Gasteiger partial charge in [-0.3, -0.25) is 9.78 Å². The van der Waals surface area contributed by atoms with Gasteiger partial charge >= 0.3 is 5.97 Å². The first-order valence-electron chi connectivity index (χ1n) is 11.4. The van der Waals surface area contributed by atoms with Crippen LogP contribution in [0.15, 0.2) is 67.0 Å². The lowest BCUT2D eigenvalue weighted by Gasteiger charge is -2.18. The van der Waals surface area contributed by atoms with Gasteiger partial charge < -0.3 is 4.74 Å². The number of carbonyl (C=O) groups is 1. The van der Waals surface area contributed by atoms with Crippen molar-refractivity contribution in [3.8, 4) is 22.4 Å². The molecule has 3 heterocycles. The molecule has 5 heteroatoms. The molecule has 0 fully saturated rings. The number of fused-ring (bicyclic) bond motifs is 1. The quantitative estimate of drug-likeness (QED) is 0.246. The Morgan fingerprint density at radius 1 is 0.938 bits per heavy atom. The molecular weight excluding hydrogens is 398 g/mol. The topological polar surface area (TPSA) is 56.5 Å². The van der Waals surface area contributed by atoms with Gasteiger partial charge in [-0.1, -0.05) is 37.3 Å². The lowest BCUT2D eigenvalue weighted by Crippen LogP contribution is -2.07. The highest BCUT2D eigenvalue weighted by atomic mass is 16.5. The molecule has 1 aromatic carbocycles. The summed E-state index contributed by atoms with van der Waals surface area (Å²) in [4.78, 5) is 16.0. The molecular formula is C27H29N3O2. The van der Waals surface area contributed by atoms with E-state index in [1.54, 1.807) is 0 Å². The number of benzene rings is 1. The fourth-order valence-corrected chi connectivity index (χ4v) is 4.20. The molecule has 0 unspecified atom stereocenters. The summed E-state index contributed by atoms with van der Waals surface area (Å²) >= 11 is 0. The van der Waals surface area contributed by atoms with Crippen LogP contribution in [0.4, 0.5) is 0 Å². The van der Waals surface area contributed by atoms with Crippen molar-refractivity contribution in [3.63, 3.8) is 0 Å². The molecule has 4 aromatic rings. The van der Waals surface area contributed by atoms with Gasteiger partial charge in [0.05, 0.1) is 17.8 Å². The van der Waals surface area contributed by atoms with E-state index in [0.717, 1.165) is 48.0 Å². The SMILES string of the molecule is CCOC(=O)CCCCc1c(-c2ccccc2)nn2c(CC)ccc2c1-c1ccncc1. The highest BCUT2D eigenvalue weighted by molar-refractivity contribution is 5.87. The number of esters is 1. The van der Waals surface area contributed by atoms with E-state index in [9.17, 15) is 4.79 Å². The predicted molar refractivity (Wildman–Crippen MR) is 127 cm³/mol. The van der Waals surface area contributed by atoms with E-state index in [1.165, 1.54) is 16.8 Å². The van der Waals surface area contributed by atoms with Crippen LogP contribution in [0.3, 0.4) is 0 Å². The lowest BCUT2D eigenvalue weighted by atomic mass is 9.92. The average molecular weight is 428 g/mol. The van der Waals surface area contributed by atoms with Crippen molar-refractivity contribution in [2.75, 3.05) is 6.61 Å². The number of hydrogen-bond donors (Lipinski definition) is 0. The number of hydrogen-bond acceptors (Lipinski definition) is 4. The second-order valence-electron chi connectivity index (χ2n) is 7.79. The molecule has 0 atom stereocenters. The van der Waals surface area contributed by atoms with Crippen LogP contribution in [0, 0.1) is 0 Å². The second kappa shape index (κ2) is 10.2. The van der Waals surface area contributed by atoms with Gasteiger partial charge in [-0.05, 0) is 68.0 Å². The summed E-state index contributed by atoms with van der Waals surface area (Å²) in [5.74, 6) is -0.127. The zero-order valence-corrected chi connectivity index (χ0v) is 18.8. The molecule has 0 aliphatic rings. The summed E-state index contributed by atoms with van der Waals surface area (Å²) in [5.41, 5.74) is 7.91. The minimum atomic E-state index is -0.127. The average Bonchev–Trinajstić information content (AvgIpc) is 3.25. The minimum absolute atomic E-state index is 0.127. The summed E-state index contributed by atoms with van der Waals surface area (Å²) in [6, 6.07) is 18.8.